The Morgan fingerprint density at radius 3 is 2.12 bits per heavy atom. The molecule has 136 valence electrons. The molecule has 26 heavy (non-hydrogen) atoms. The smallest absolute Gasteiger partial charge is 0.254 e. The molecule has 7 heteroatoms. The number of nitrogens with zero attached hydrogens (tertiary/aromatic N) is 1. The first-order valence-corrected chi connectivity index (χ1v) is 8.34. The van der Waals surface area contributed by atoms with Crippen molar-refractivity contribution in [1.82, 2.24) is 10.2 Å². The lowest BCUT2D eigenvalue weighted by molar-refractivity contribution is 0.0697. The second kappa shape index (κ2) is 7.35. The second-order valence-electron chi connectivity index (χ2n) is 6.33. The zero-order chi connectivity index (χ0) is 18.7. The minimum atomic E-state index is -0.269. The Balaban J connectivity index is 1.57. The van der Waals surface area contributed by atoms with Gasteiger partial charge < -0.3 is 25.5 Å². The Hall–Kier alpha value is -3.22. The van der Waals surface area contributed by atoms with E-state index in [9.17, 15) is 24.9 Å². The SMILES string of the molecule is O=C(NC1CCN(C(=O)c2cc(O)cc(O)c2)CC1)c1cccc(O)c1. The van der Waals surface area contributed by atoms with Crippen LogP contribution >= 0.6 is 0 Å². The van der Waals surface area contributed by atoms with Crippen molar-refractivity contribution in [3.63, 3.8) is 0 Å². The molecule has 1 aliphatic rings. The van der Waals surface area contributed by atoms with Gasteiger partial charge in [-0.25, -0.2) is 0 Å². The number of carbonyl (C=O) groups excluding carboxylic acids is 2. The number of likely N-dealkylation sites (tertiary alicyclic amines) is 1. The van der Waals surface area contributed by atoms with Gasteiger partial charge in [0.1, 0.15) is 17.2 Å². The summed E-state index contributed by atoms with van der Waals surface area (Å²) in [7, 11) is 0. The van der Waals surface area contributed by atoms with E-state index in [2.05, 4.69) is 5.32 Å². The third-order valence-electron chi connectivity index (χ3n) is 4.38. The van der Waals surface area contributed by atoms with Crippen molar-refractivity contribution < 1.29 is 24.9 Å². The third kappa shape index (κ3) is 4.05. The highest BCUT2D eigenvalue weighted by Gasteiger charge is 2.25. The van der Waals surface area contributed by atoms with Gasteiger partial charge in [-0.3, -0.25) is 9.59 Å². The van der Waals surface area contributed by atoms with Crippen LogP contribution in [-0.2, 0) is 0 Å². The summed E-state index contributed by atoms with van der Waals surface area (Å²) in [5.41, 5.74) is 0.614. The molecule has 4 N–H and O–H groups in total. The minimum absolute atomic E-state index is 0.0347. The maximum absolute atomic E-state index is 12.5. The van der Waals surface area contributed by atoms with Crippen LogP contribution in [0.3, 0.4) is 0 Å². The molecule has 0 bridgehead atoms. The number of phenolic OH excluding ortho intramolecular Hbond substituents is 3. The van der Waals surface area contributed by atoms with Gasteiger partial charge >= 0.3 is 0 Å². The molecule has 1 aliphatic heterocycles. The van der Waals surface area contributed by atoms with Crippen LogP contribution in [0.5, 0.6) is 17.2 Å². The highest BCUT2D eigenvalue weighted by Crippen LogP contribution is 2.23. The average Bonchev–Trinajstić information content (AvgIpc) is 2.61. The van der Waals surface area contributed by atoms with Crippen LogP contribution in [0.1, 0.15) is 33.6 Å². The van der Waals surface area contributed by atoms with E-state index in [4.69, 9.17) is 0 Å². The fourth-order valence-corrected chi connectivity index (χ4v) is 3.04. The summed E-state index contributed by atoms with van der Waals surface area (Å²) in [4.78, 5) is 26.3. The van der Waals surface area contributed by atoms with Gasteiger partial charge in [0.2, 0.25) is 0 Å². The molecule has 0 aliphatic carbocycles. The molecule has 0 radical (unpaired) electrons. The molecule has 0 atom stereocenters. The molecule has 0 aromatic heterocycles. The average molecular weight is 356 g/mol. The summed E-state index contributed by atoms with van der Waals surface area (Å²) in [6.45, 7) is 0.917. The first kappa shape index (κ1) is 17.6. The van der Waals surface area contributed by atoms with Crippen molar-refractivity contribution in [1.29, 1.82) is 0 Å². The summed E-state index contributed by atoms with van der Waals surface area (Å²) in [5, 5.41) is 31.4. The molecular weight excluding hydrogens is 336 g/mol. The molecule has 0 saturated carbocycles. The quantitative estimate of drug-likeness (QED) is 0.671. The topological polar surface area (TPSA) is 110 Å². The molecule has 3 rings (SSSR count). The molecule has 2 aromatic rings. The molecular formula is C19H20N2O5. The zero-order valence-electron chi connectivity index (χ0n) is 14.1. The standard InChI is InChI=1S/C19H20N2O5/c22-15-3-1-2-12(8-15)18(25)20-14-4-6-21(7-5-14)19(26)13-9-16(23)11-17(24)10-13/h1-3,8-11,14,22-24H,4-7H2,(H,20,25). The van der Waals surface area contributed by atoms with Gasteiger partial charge in [0.15, 0.2) is 0 Å². The number of carbonyl (C=O) groups is 2. The fourth-order valence-electron chi connectivity index (χ4n) is 3.04. The first-order chi connectivity index (χ1) is 12.4. The lowest BCUT2D eigenvalue weighted by Crippen LogP contribution is -2.46. The number of aromatic hydroxyl groups is 3. The lowest BCUT2D eigenvalue weighted by Gasteiger charge is -2.32. The molecule has 0 spiro atoms. The lowest BCUT2D eigenvalue weighted by atomic mass is 10.0. The third-order valence-corrected chi connectivity index (χ3v) is 4.38. The van der Waals surface area contributed by atoms with E-state index < -0.39 is 0 Å². The van der Waals surface area contributed by atoms with Gasteiger partial charge in [0, 0.05) is 36.3 Å². The van der Waals surface area contributed by atoms with Gasteiger partial charge in [0.25, 0.3) is 11.8 Å². The van der Waals surface area contributed by atoms with Gasteiger partial charge in [-0.15, -0.1) is 0 Å². The number of piperidine rings is 1. The van der Waals surface area contributed by atoms with Crippen molar-refractivity contribution >= 4 is 11.8 Å². The van der Waals surface area contributed by atoms with E-state index in [1.807, 2.05) is 0 Å². The van der Waals surface area contributed by atoms with Gasteiger partial charge in [0.05, 0.1) is 0 Å². The number of hydrogen-bond donors (Lipinski definition) is 4. The number of amides is 2. The predicted molar refractivity (Wildman–Crippen MR) is 94.3 cm³/mol. The van der Waals surface area contributed by atoms with Crippen molar-refractivity contribution in [2.45, 2.75) is 18.9 Å². The normalized spacial score (nSPS) is 14.8. The van der Waals surface area contributed by atoms with Gasteiger partial charge in [-0.05, 0) is 43.2 Å². The van der Waals surface area contributed by atoms with Gasteiger partial charge in [-0.1, -0.05) is 6.07 Å². The molecule has 2 aromatic carbocycles. The Kier molecular flexibility index (Phi) is 4.97. The number of phenols is 3. The molecule has 2 amide bonds. The van der Waals surface area contributed by atoms with E-state index in [0.717, 1.165) is 0 Å². The molecule has 1 heterocycles. The summed E-state index contributed by atoms with van der Waals surface area (Å²) < 4.78 is 0. The summed E-state index contributed by atoms with van der Waals surface area (Å²) in [6.07, 6.45) is 1.20. The summed E-state index contributed by atoms with van der Waals surface area (Å²) in [5.74, 6) is -0.826. The molecule has 0 unspecified atom stereocenters. The van der Waals surface area contributed by atoms with Crippen LogP contribution in [0, 0.1) is 0 Å². The maximum atomic E-state index is 12.5. The largest absolute Gasteiger partial charge is 0.508 e. The van der Waals surface area contributed by atoms with E-state index in [0.29, 0.717) is 31.5 Å². The van der Waals surface area contributed by atoms with Crippen molar-refractivity contribution in [2.24, 2.45) is 0 Å². The van der Waals surface area contributed by atoms with Crippen LogP contribution in [0.2, 0.25) is 0 Å². The first-order valence-electron chi connectivity index (χ1n) is 8.34. The molecule has 1 saturated heterocycles. The fraction of sp³-hybridized carbons (Fsp3) is 0.263. The van der Waals surface area contributed by atoms with Crippen LogP contribution in [-0.4, -0.2) is 51.2 Å². The van der Waals surface area contributed by atoms with Crippen molar-refractivity contribution in [3.05, 3.63) is 53.6 Å². The van der Waals surface area contributed by atoms with E-state index in [1.54, 1.807) is 17.0 Å². The number of hydrogen-bond acceptors (Lipinski definition) is 5. The maximum Gasteiger partial charge on any atom is 0.254 e. The Morgan fingerprint density at radius 2 is 1.50 bits per heavy atom. The highest BCUT2D eigenvalue weighted by atomic mass is 16.3. The van der Waals surface area contributed by atoms with E-state index >= 15 is 0 Å². The summed E-state index contributed by atoms with van der Waals surface area (Å²) >= 11 is 0. The van der Waals surface area contributed by atoms with Crippen LogP contribution in [0.4, 0.5) is 0 Å². The Labute approximate surface area is 150 Å². The number of benzene rings is 2. The number of nitrogens with one attached hydrogen (secondary N) is 1. The van der Waals surface area contributed by atoms with Crippen molar-refractivity contribution in [2.75, 3.05) is 13.1 Å². The molecule has 1 fully saturated rings. The van der Waals surface area contributed by atoms with E-state index in [-0.39, 0.29) is 40.7 Å². The zero-order valence-corrected chi connectivity index (χ0v) is 14.1. The van der Waals surface area contributed by atoms with Crippen LogP contribution < -0.4 is 5.32 Å². The summed E-state index contributed by atoms with van der Waals surface area (Å²) in [6, 6.07) is 9.88. The van der Waals surface area contributed by atoms with Crippen LogP contribution in [0.15, 0.2) is 42.5 Å². The highest BCUT2D eigenvalue weighted by molar-refractivity contribution is 5.96. The Morgan fingerprint density at radius 1 is 0.885 bits per heavy atom. The monoisotopic (exact) mass is 356 g/mol. The van der Waals surface area contributed by atoms with Gasteiger partial charge in [-0.2, -0.15) is 0 Å². The number of rotatable bonds is 3. The van der Waals surface area contributed by atoms with Crippen molar-refractivity contribution in [3.8, 4) is 17.2 Å². The second-order valence-corrected chi connectivity index (χ2v) is 6.33. The minimum Gasteiger partial charge on any atom is -0.508 e. The van der Waals surface area contributed by atoms with E-state index in [1.165, 1.54) is 30.3 Å². The Bertz CT molecular complexity index is 808. The predicted octanol–water partition coefficient (Wildman–Crippen LogP) is 1.84. The molecule has 7 nitrogen and oxygen atoms in total. The van der Waals surface area contributed by atoms with Crippen LogP contribution in [0.25, 0.3) is 0 Å².